The SMILES string of the molecule is O=C(c1cc(Cl)cc2cccnc12)N1CCC(O)(C(=O)O)CC1. The molecule has 120 valence electrons. The number of nitrogens with zero attached hydrogens (tertiary/aromatic N) is 2. The van der Waals surface area contributed by atoms with Gasteiger partial charge in [-0.25, -0.2) is 4.79 Å². The lowest BCUT2D eigenvalue weighted by molar-refractivity contribution is -0.162. The Labute approximate surface area is 137 Å². The number of piperidine rings is 1. The molecule has 3 rings (SSSR count). The van der Waals surface area contributed by atoms with E-state index >= 15 is 0 Å². The number of amides is 1. The van der Waals surface area contributed by atoms with E-state index in [2.05, 4.69) is 4.98 Å². The normalized spacial score (nSPS) is 17.2. The third kappa shape index (κ3) is 2.87. The van der Waals surface area contributed by atoms with Crippen molar-refractivity contribution in [1.29, 1.82) is 0 Å². The Morgan fingerprint density at radius 1 is 1.26 bits per heavy atom. The molecule has 0 atom stereocenters. The van der Waals surface area contributed by atoms with Gasteiger partial charge in [-0.2, -0.15) is 0 Å². The second-order valence-electron chi connectivity index (χ2n) is 5.66. The topological polar surface area (TPSA) is 90.7 Å². The molecule has 2 N–H and O–H groups in total. The molecule has 7 heteroatoms. The van der Waals surface area contributed by atoms with Crippen molar-refractivity contribution in [1.82, 2.24) is 9.88 Å². The van der Waals surface area contributed by atoms with E-state index < -0.39 is 11.6 Å². The highest BCUT2D eigenvalue weighted by Crippen LogP contribution is 2.27. The molecule has 1 aromatic carbocycles. The van der Waals surface area contributed by atoms with E-state index in [1.54, 1.807) is 24.4 Å². The molecule has 2 heterocycles. The fraction of sp³-hybridized carbons (Fsp3) is 0.312. The zero-order valence-electron chi connectivity index (χ0n) is 12.2. The lowest BCUT2D eigenvalue weighted by Crippen LogP contribution is -2.50. The van der Waals surface area contributed by atoms with Crippen LogP contribution in [0.3, 0.4) is 0 Å². The van der Waals surface area contributed by atoms with Gasteiger partial charge < -0.3 is 15.1 Å². The highest BCUT2D eigenvalue weighted by atomic mass is 35.5. The van der Waals surface area contributed by atoms with Crippen molar-refractivity contribution < 1.29 is 19.8 Å². The van der Waals surface area contributed by atoms with E-state index in [-0.39, 0.29) is 31.8 Å². The van der Waals surface area contributed by atoms with E-state index in [9.17, 15) is 14.7 Å². The lowest BCUT2D eigenvalue weighted by atomic mass is 9.91. The molecular weight excluding hydrogens is 320 g/mol. The van der Waals surface area contributed by atoms with E-state index in [0.29, 0.717) is 16.1 Å². The van der Waals surface area contributed by atoms with E-state index in [4.69, 9.17) is 16.7 Å². The van der Waals surface area contributed by atoms with Crippen LogP contribution in [0, 0.1) is 0 Å². The number of rotatable bonds is 2. The van der Waals surface area contributed by atoms with Crippen LogP contribution in [-0.4, -0.2) is 50.7 Å². The Balaban J connectivity index is 1.89. The van der Waals surface area contributed by atoms with Crippen molar-refractivity contribution in [2.24, 2.45) is 0 Å². The molecule has 2 aromatic rings. The Bertz CT molecular complexity index is 785. The third-order valence-electron chi connectivity index (χ3n) is 4.18. The van der Waals surface area contributed by atoms with E-state index in [1.807, 2.05) is 6.07 Å². The highest BCUT2D eigenvalue weighted by molar-refractivity contribution is 6.32. The number of carbonyl (C=O) groups is 2. The van der Waals surface area contributed by atoms with Gasteiger partial charge in [-0.15, -0.1) is 0 Å². The van der Waals surface area contributed by atoms with Crippen molar-refractivity contribution in [2.75, 3.05) is 13.1 Å². The number of fused-ring (bicyclic) bond motifs is 1. The van der Waals surface area contributed by atoms with Gasteiger partial charge in [0.2, 0.25) is 0 Å². The van der Waals surface area contributed by atoms with Gasteiger partial charge >= 0.3 is 5.97 Å². The summed E-state index contributed by atoms with van der Waals surface area (Å²) in [6, 6.07) is 6.89. The van der Waals surface area contributed by atoms with Crippen LogP contribution in [0.25, 0.3) is 10.9 Å². The molecule has 0 bridgehead atoms. The van der Waals surface area contributed by atoms with Crippen LogP contribution < -0.4 is 0 Å². The third-order valence-corrected chi connectivity index (χ3v) is 4.39. The first kappa shape index (κ1) is 15.7. The molecule has 1 amide bonds. The fourth-order valence-electron chi connectivity index (χ4n) is 2.78. The number of halogens is 1. The number of benzene rings is 1. The van der Waals surface area contributed by atoms with E-state index in [0.717, 1.165) is 5.39 Å². The van der Waals surface area contributed by atoms with Crippen LogP contribution in [0.1, 0.15) is 23.2 Å². The molecule has 1 saturated heterocycles. The lowest BCUT2D eigenvalue weighted by Gasteiger charge is -2.35. The summed E-state index contributed by atoms with van der Waals surface area (Å²) in [5.41, 5.74) is -0.819. The van der Waals surface area contributed by atoms with Crippen molar-refractivity contribution >= 4 is 34.4 Å². The monoisotopic (exact) mass is 334 g/mol. The Kier molecular flexibility index (Phi) is 3.95. The number of hydrogen-bond acceptors (Lipinski definition) is 4. The summed E-state index contributed by atoms with van der Waals surface area (Å²) in [7, 11) is 0. The average Bonchev–Trinajstić information content (AvgIpc) is 2.54. The molecule has 0 spiro atoms. The first-order valence-electron chi connectivity index (χ1n) is 7.20. The molecule has 1 aromatic heterocycles. The van der Waals surface area contributed by atoms with Gasteiger partial charge in [0.05, 0.1) is 11.1 Å². The maximum absolute atomic E-state index is 12.7. The number of hydrogen-bond donors (Lipinski definition) is 2. The predicted octanol–water partition coefficient (Wildman–Crippen LogP) is 1.94. The summed E-state index contributed by atoms with van der Waals surface area (Å²) >= 11 is 6.08. The molecule has 23 heavy (non-hydrogen) atoms. The average molecular weight is 335 g/mol. The Morgan fingerprint density at radius 2 is 1.96 bits per heavy atom. The quantitative estimate of drug-likeness (QED) is 0.875. The zero-order valence-corrected chi connectivity index (χ0v) is 13.0. The van der Waals surface area contributed by atoms with Crippen molar-refractivity contribution in [3.05, 3.63) is 41.0 Å². The van der Waals surface area contributed by atoms with Crippen molar-refractivity contribution in [2.45, 2.75) is 18.4 Å². The van der Waals surface area contributed by atoms with E-state index in [1.165, 1.54) is 4.90 Å². The maximum atomic E-state index is 12.7. The minimum absolute atomic E-state index is 0.000000157. The number of aromatic nitrogens is 1. The number of carbonyl (C=O) groups excluding carboxylic acids is 1. The standard InChI is InChI=1S/C16H15ClN2O4/c17-11-8-10-2-1-5-18-13(10)12(9-11)14(20)19-6-3-16(23,4-7-19)15(21)22/h1-2,5,8-9,23H,3-4,6-7H2,(H,21,22). The summed E-state index contributed by atoms with van der Waals surface area (Å²) in [4.78, 5) is 29.6. The number of pyridine rings is 1. The van der Waals surface area contributed by atoms with Crippen LogP contribution in [-0.2, 0) is 4.79 Å². The smallest absolute Gasteiger partial charge is 0.335 e. The number of aliphatic hydroxyl groups is 1. The van der Waals surface area contributed by atoms with Gasteiger partial charge in [0.15, 0.2) is 5.60 Å². The Morgan fingerprint density at radius 3 is 2.61 bits per heavy atom. The van der Waals surface area contributed by atoms with Gasteiger partial charge in [-0.05, 0) is 18.2 Å². The van der Waals surface area contributed by atoms with Crippen LogP contribution >= 0.6 is 11.6 Å². The summed E-state index contributed by atoms with van der Waals surface area (Å²) in [5, 5.41) is 20.2. The zero-order chi connectivity index (χ0) is 16.6. The number of carboxylic acids is 1. The first-order chi connectivity index (χ1) is 10.9. The van der Waals surface area contributed by atoms with Crippen LogP contribution in [0.5, 0.6) is 0 Å². The van der Waals surface area contributed by atoms with Gasteiger partial charge in [-0.1, -0.05) is 17.7 Å². The molecule has 1 aliphatic rings. The maximum Gasteiger partial charge on any atom is 0.335 e. The Hall–Kier alpha value is -2.18. The molecule has 6 nitrogen and oxygen atoms in total. The van der Waals surface area contributed by atoms with Crippen LogP contribution in [0.4, 0.5) is 0 Å². The number of carboxylic acid groups (broad SMARTS) is 1. The number of likely N-dealkylation sites (tertiary alicyclic amines) is 1. The second kappa shape index (κ2) is 5.79. The molecular formula is C16H15ClN2O4. The molecule has 0 radical (unpaired) electrons. The van der Waals surface area contributed by atoms with Crippen LogP contribution in [0.2, 0.25) is 5.02 Å². The number of aliphatic carboxylic acids is 1. The molecule has 0 unspecified atom stereocenters. The molecule has 1 fully saturated rings. The van der Waals surface area contributed by atoms with Gasteiger partial charge in [0, 0.05) is 42.5 Å². The van der Waals surface area contributed by atoms with Gasteiger partial charge in [0.25, 0.3) is 5.91 Å². The van der Waals surface area contributed by atoms with Gasteiger partial charge in [-0.3, -0.25) is 9.78 Å². The summed E-state index contributed by atoms with van der Waals surface area (Å²) in [6.45, 7) is 0.338. The largest absolute Gasteiger partial charge is 0.479 e. The van der Waals surface area contributed by atoms with Crippen molar-refractivity contribution in [3.63, 3.8) is 0 Å². The minimum atomic E-state index is -1.76. The molecule has 1 aliphatic heterocycles. The molecule has 0 saturated carbocycles. The molecule has 0 aliphatic carbocycles. The predicted molar refractivity (Wildman–Crippen MR) is 84.5 cm³/mol. The first-order valence-corrected chi connectivity index (χ1v) is 7.58. The highest BCUT2D eigenvalue weighted by Gasteiger charge is 2.40. The fourth-order valence-corrected chi connectivity index (χ4v) is 3.01. The summed E-state index contributed by atoms with van der Waals surface area (Å²) < 4.78 is 0. The second-order valence-corrected chi connectivity index (χ2v) is 6.09. The summed E-state index contributed by atoms with van der Waals surface area (Å²) in [5.74, 6) is -1.51. The van der Waals surface area contributed by atoms with Crippen molar-refractivity contribution in [3.8, 4) is 0 Å². The summed E-state index contributed by atoms with van der Waals surface area (Å²) in [6.07, 6.45) is 1.60. The van der Waals surface area contributed by atoms with Gasteiger partial charge in [0.1, 0.15) is 0 Å². The van der Waals surface area contributed by atoms with Crippen LogP contribution in [0.15, 0.2) is 30.5 Å². The minimum Gasteiger partial charge on any atom is -0.479 e.